The zero-order valence-electron chi connectivity index (χ0n) is 16.0. The molecule has 29 heavy (non-hydrogen) atoms. The summed E-state index contributed by atoms with van der Waals surface area (Å²) in [5.41, 5.74) is 1.16. The summed E-state index contributed by atoms with van der Waals surface area (Å²) >= 11 is 7.37. The number of amides is 1. The Balaban J connectivity index is 1.59. The Hall–Kier alpha value is -2.32. The number of halogens is 1. The summed E-state index contributed by atoms with van der Waals surface area (Å²) in [7, 11) is 1.38. The third-order valence-electron chi connectivity index (χ3n) is 4.75. The van der Waals surface area contributed by atoms with Crippen LogP contribution in [0.3, 0.4) is 0 Å². The third-order valence-corrected chi connectivity index (χ3v) is 5.93. The number of likely N-dealkylation sites (tertiary alicyclic amines) is 1. The molecule has 0 bridgehead atoms. The van der Waals surface area contributed by atoms with Gasteiger partial charge < -0.3 is 14.6 Å². The Morgan fingerprint density at radius 2 is 2.07 bits per heavy atom. The quantitative estimate of drug-likeness (QED) is 0.426. The van der Waals surface area contributed by atoms with Gasteiger partial charge in [-0.05, 0) is 30.5 Å². The molecule has 1 aromatic heterocycles. The first-order valence-electron chi connectivity index (χ1n) is 9.27. The molecule has 1 aliphatic heterocycles. The van der Waals surface area contributed by atoms with Crippen LogP contribution in [-0.2, 0) is 26.5 Å². The van der Waals surface area contributed by atoms with E-state index in [1.54, 1.807) is 11.0 Å². The molecule has 0 radical (unpaired) electrons. The van der Waals surface area contributed by atoms with Gasteiger partial charge in [-0.1, -0.05) is 35.5 Å². The van der Waals surface area contributed by atoms with Gasteiger partial charge in [0, 0.05) is 29.9 Å². The van der Waals surface area contributed by atoms with Gasteiger partial charge >= 0.3 is 5.97 Å². The van der Waals surface area contributed by atoms with Gasteiger partial charge in [-0.15, -0.1) is 0 Å². The number of rotatable bonds is 6. The number of benzene rings is 1. The van der Waals surface area contributed by atoms with Crippen LogP contribution in [0, 0.1) is 5.92 Å². The highest BCUT2D eigenvalue weighted by Gasteiger charge is 2.28. The number of methoxy groups -OCH3 is 1. The summed E-state index contributed by atoms with van der Waals surface area (Å²) in [5.74, 6) is 0.116. The van der Waals surface area contributed by atoms with E-state index in [0.717, 1.165) is 5.56 Å². The van der Waals surface area contributed by atoms with Crippen molar-refractivity contribution in [3.05, 3.63) is 57.0 Å². The number of piperidine rings is 1. The van der Waals surface area contributed by atoms with Crippen LogP contribution in [0.15, 0.2) is 40.3 Å². The Morgan fingerprint density at radius 1 is 1.31 bits per heavy atom. The Labute approximate surface area is 177 Å². The molecule has 0 saturated carbocycles. The number of H-pyrrole nitrogens is 1. The monoisotopic (exact) mass is 435 g/mol. The lowest BCUT2D eigenvalue weighted by atomic mass is 9.97. The van der Waals surface area contributed by atoms with Crippen LogP contribution < -0.4 is 5.56 Å². The van der Waals surface area contributed by atoms with E-state index in [-0.39, 0.29) is 29.8 Å². The van der Waals surface area contributed by atoms with Gasteiger partial charge in [-0.2, -0.15) is 0 Å². The van der Waals surface area contributed by atoms with E-state index in [0.29, 0.717) is 47.6 Å². The van der Waals surface area contributed by atoms with Gasteiger partial charge in [0.2, 0.25) is 5.91 Å². The molecule has 9 heteroatoms. The largest absolute Gasteiger partial charge is 0.469 e. The molecular weight excluding hydrogens is 414 g/mol. The number of nitrogens with one attached hydrogen (secondary N) is 1. The first-order valence-corrected chi connectivity index (χ1v) is 10.6. The van der Waals surface area contributed by atoms with Gasteiger partial charge in [0.25, 0.3) is 5.56 Å². The Bertz CT molecular complexity index is 941. The minimum Gasteiger partial charge on any atom is -0.469 e. The molecule has 154 valence electrons. The van der Waals surface area contributed by atoms with Crippen molar-refractivity contribution >= 4 is 35.2 Å². The molecule has 1 fully saturated rings. The number of carbonyl (C=O) groups is 2. The molecule has 7 nitrogen and oxygen atoms in total. The molecule has 0 unspecified atom stereocenters. The van der Waals surface area contributed by atoms with Crippen molar-refractivity contribution in [2.24, 2.45) is 5.92 Å². The van der Waals surface area contributed by atoms with Crippen LogP contribution in [0.5, 0.6) is 0 Å². The predicted molar refractivity (Wildman–Crippen MR) is 111 cm³/mol. The second kappa shape index (κ2) is 9.93. The van der Waals surface area contributed by atoms with E-state index < -0.39 is 0 Å². The number of nitrogens with zero attached hydrogens (tertiary/aromatic N) is 2. The number of hydrogen-bond acceptors (Lipinski definition) is 6. The first kappa shape index (κ1) is 21.4. The fourth-order valence-corrected chi connectivity index (χ4v) is 4.27. The van der Waals surface area contributed by atoms with Gasteiger partial charge in [-0.3, -0.25) is 14.4 Å². The van der Waals surface area contributed by atoms with Crippen LogP contribution in [0.4, 0.5) is 0 Å². The van der Waals surface area contributed by atoms with E-state index >= 15 is 0 Å². The van der Waals surface area contributed by atoms with Gasteiger partial charge in [0.1, 0.15) is 0 Å². The van der Waals surface area contributed by atoms with Crippen LogP contribution in [-0.4, -0.2) is 46.9 Å². The number of carbonyl (C=O) groups excluding carboxylic acids is 2. The summed E-state index contributed by atoms with van der Waals surface area (Å²) in [6, 6.07) is 8.83. The van der Waals surface area contributed by atoms with Crippen molar-refractivity contribution < 1.29 is 14.3 Å². The maximum Gasteiger partial charge on any atom is 0.308 e. The average molecular weight is 436 g/mol. The van der Waals surface area contributed by atoms with Crippen molar-refractivity contribution in [1.82, 2.24) is 14.9 Å². The molecule has 2 heterocycles. The fourth-order valence-electron chi connectivity index (χ4n) is 3.22. The maximum atomic E-state index is 12.6. The molecule has 1 amide bonds. The number of ether oxygens (including phenoxy) is 1. The second-order valence-electron chi connectivity index (χ2n) is 6.82. The van der Waals surface area contributed by atoms with E-state index in [2.05, 4.69) is 9.97 Å². The summed E-state index contributed by atoms with van der Waals surface area (Å²) < 4.78 is 4.77. The second-order valence-corrected chi connectivity index (χ2v) is 8.22. The van der Waals surface area contributed by atoms with Gasteiger partial charge in [0.15, 0.2) is 5.16 Å². The summed E-state index contributed by atoms with van der Waals surface area (Å²) in [6.07, 6.45) is 1.22. The van der Waals surface area contributed by atoms with Gasteiger partial charge in [0.05, 0.1) is 25.1 Å². The summed E-state index contributed by atoms with van der Waals surface area (Å²) in [6.45, 7) is 0.996. The summed E-state index contributed by atoms with van der Waals surface area (Å²) in [4.78, 5) is 45.0. The van der Waals surface area contributed by atoms with Gasteiger partial charge in [-0.25, -0.2) is 4.98 Å². The van der Waals surface area contributed by atoms with E-state index in [1.165, 1.54) is 24.9 Å². The maximum absolute atomic E-state index is 12.6. The van der Waals surface area contributed by atoms with Crippen molar-refractivity contribution in [1.29, 1.82) is 0 Å². The highest BCUT2D eigenvalue weighted by atomic mass is 35.5. The fraction of sp³-hybridized carbons (Fsp3) is 0.400. The number of aromatic amines is 1. The third kappa shape index (κ3) is 6.08. The minimum atomic E-state index is -0.291. The highest BCUT2D eigenvalue weighted by Crippen LogP contribution is 2.22. The highest BCUT2D eigenvalue weighted by molar-refractivity contribution is 7.98. The smallest absolute Gasteiger partial charge is 0.308 e. The average Bonchev–Trinajstić information content (AvgIpc) is 2.71. The molecule has 0 aliphatic carbocycles. The Kier molecular flexibility index (Phi) is 7.33. The van der Waals surface area contributed by atoms with E-state index in [9.17, 15) is 14.4 Å². The van der Waals surface area contributed by atoms with Crippen molar-refractivity contribution in [2.75, 3.05) is 20.2 Å². The molecule has 2 aromatic rings. The normalized spacial score (nSPS) is 14.6. The van der Waals surface area contributed by atoms with E-state index in [1.807, 2.05) is 18.2 Å². The van der Waals surface area contributed by atoms with Crippen LogP contribution in [0.1, 0.15) is 24.1 Å². The number of thioether (sulfide) groups is 1. The zero-order chi connectivity index (χ0) is 20.8. The van der Waals surface area contributed by atoms with Crippen molar-refractivity contribution in [2.45, 2.75) is 30.2 Å². The molecule has 0 atom stereocenters. The minimum absolute atomic E-state index is 0.0531. The number of esters is 1. The van der Waals surface area contributed by atoms with E-state index in [4.69, 9.17) is 16.3 Å². The van der Waals surface area contributed by atoms with Crippen molar-refractivity contribution in [3.63, 3.8) is 0 Å². The molecule has 1 aromatic carbocycles. The molecule has 1 saturated heterocycles. The lowest BCUT2D eigenvalue weighted by molar-refractivity contribution is -0.148. The molecular formula is C20H22ClN3O4S. The number of hydrogen-bond donors (Lipinski definition) is 1. The molecule has 0 spiro atoms. The predicted octanol–water partition coefficient (Wildman–Crippen LogP) is 2.67. The standard InChI is InChI=1S/C20H22ClN3O4S/c1-28-19(27)14-5-7-24(8-6-14)18(26)11-16-10-17(25)23-20(22-16)29-12-13-3-2-4-15(21)9-13/h2-4,9-10,14H,5-8,11-12H2,1H3,(H,22,23,25). The van der Waals surface area contributed by atoms with Crippen molar-refractivity contribution in [3.8, 4) is 0 Å². The first-order chi connectivity index (χ1) is 13.9. The van der Waals surface area contributed by atoms with Crippen LogP contribution in [0.25, 0.3) is 0 Å². The lowest BCUT2D eigenvalue weighted by Crippen LogP contribution is -2.41. The number of aromatic nitrogens is 2. The lowest BCUT2D eigenvalue weighted by Gasteiger charge is -2.30. The topological polar surface area (TPSA) is 92.4 Å². The molecule has 1 aliphatic rings. The molecule has 3 rings (SSSR count). The Morgan fingerprint density at radius 3 is 2.76 bits per heavy atom. The van der Waals surface area contributed by atoms with Crippen LogP contribution >= 0.6 is 23.4 Å². The zero-order valence-corrected chi connectivity index (χ0v) is 17.6. The SMILES string of the molecule is COC(=O)C1CCN(C(=O)Cc2cc(=O)[nH]c(SCc3cccc(Cl)c3)n2)CC1. The molecule has 1 N–H and O–H groups in total. The van der Waals surface area contributed by atoms with Crippen LogP contribution in [0.2, 0.25) is 5.02 Å². The summed E-state index contributed by atoms with van der Waals surface area (Å²) in [5, 5.41) is 1.12.